The molecule has 0 saturated carbocycles. The van der Waals surface area contributed by atoms with Gasteiger partial charge in [-0.15, -0.1) is 10.2 Å². The minimum Gasteiger partial charge on any atom is -0.505 e. The summed E-state index contributed by atoms with van der Waals surface area (Å²) in [7, 11) is -19.2. The first kappa shape index (κ1) is 37.4. The molecule has 0 heterocycles. The highest BCUT2D eigenvalue weighted by Crippen LogP contribution is 2.46. The van der Waals surface area contributed by atoms with Crippen molar-refractivity contribution < 1.29 is 57.2 Å². The molecule has 0 aliphatic carbocycles. The molecule has 20 heteroatoms. The topological polar surface area (TPSA) is 271 Å². The van der Waals surface area contributed by atoms with Crippen molar-refractivity contribution in [3.05, 3.63) is 84.4 Å². The normalized spacial score (nSPS) is 12.9. The van der Waals surface area contributed by atoms with Crippen molar-refractivity contribution in [2.75, 3.05) is 11.1 Å². The van der Waals surface area contributed by atoms with Crippen molar-refractivity contribution >= 4 is 84.7 Å². The summed E-state index contributed by atoms with van der Waals surface area (Å²) < 4.78 is 130. The number of nitrogens with one attached hydrogen (secondary N) is 1. The van der Waals surface area contributed by atoms with E-state index in [1.807, 2.05) is 6.92 Å². The van der Waals surface area contributed by atoms with Crippen molar-refractivity contribution in [2.24, 2.45) is 10.2 Å². The van der Waals surface area contributed by atoms with Crippen LogP contribution in [0.3, 0.4) is 0 Å². The van der Waals surface area contributed by atoms with Gasteiger partial charge < -0.3 is 10.4 Å². The van der Waals surface area contributed by atoms with Crippen LogP contribution >= 0.6 is 0 Å². The molecule has 0 aromatic heterocycles. The van der Waals surface area contributed by atoms with Gasteiger partial charge in [-0.05, 0) is 65.7 Å². The lowest BCUT2D eigenvalue weighted by Gasteiger charge is -2.15. The summed E-state index contributed by atoms with van der Waals surface area (Å²) in [5, 5.41) is 20.2. The number of nitrogens with zero attached hydrogens (tertiary/aromatic N) is 2. The average Bonchev–Trinajstić information content (AvgIpc) is 3.05. The lowest BCUT2D eigenvalue weighted by Crippen LogP contribution is -2.13. The Morgan fingerprint density at radius 3 is 2.00 bits per heavy atom. The van der Waals surface area contributed by atoms with Crippen LogP contribution in [0.1, 0.15) is 30.1 Å². The molecular weight excluding hydrogens is 751 g/mol. The minimum atomic E-state index is -5.32. The van der Waals surface area contributed by atoms with Gasteiger partial charge >= 0.3 is 0 Å². The van der Waals surface area contributed by atoms with Crippen molar-refractivity contribution in [3.8, 4) is 5.75 Å². The molecule has 5 aromatic rings. The number of benzene rings is 5. The maximum Gasteiger partial charge on any atom is 0.297 e. The molecule has 5 rings (SSSR count). The number of amides is 1. The van der Waals surface area contributed by atoms with Crippen molar-refractivity contribution in [1.82, 2.24) is 0 Å². The quantitative estimate of drug-likeness (QED) is 0.0799. The number of rotatable bonds is 11. The highest BCUT2D eigenvalue weighted by atomic mass is 32.2. The second-order valence-electron chi connectivity index (χ2n) is 11.1. The van der Waals surface area contributed by atoms with Gasteiger partial charge in [0.1, 0.15) is 21.2 Å². The first-order valence-corrected chi connectivity index (χ1v) is 20.5. The van der Waals surface area contributed by atoms with Crippen LogP contribution in [0.4, 0.5) is 17.1 Å². The van der Waals surface area contributed by atoms with Crippen LogP contribution in [0.25, 0.3) is 21.5 Å². The highest BCUT2D eigenvalue weighted by molar-refractivity contribution is 7.91. The molecule has 0 radical (unpaired) electrons. The zero-order chi connectivity index (χ0) is 37.5. The van der Waals surface area contributed by atoms with E-state index < -0.39 is 94.4 Å². The van der Waals surface area contributed by atoms with Gasteiger partial charge in [-0.25, -0.2) is 8.42 Å². The fourth-order valence-electron chi connectivity index (χ4n) is 5.15. The second kappa shape index (κ2) is 13.7. The molecular formula is C31H27N3O13S4. The molecule has 0 atom stereocenters. The summed E-state index contributed by atoms with van der Waals surface area (Å²) in [6.07, 6.45) is 0.987. The van der Waals surface area contributed by atoms with Gasteiger partial charge in [0.15, 0.2) is 15.6 Å². The summed E-state index contributed by atoms with van der Waals surface area (Å²) in [4.78, 5) is 10.1. The fourth-order valence-corrected chi connectivity index (χ4v) is 8.68. The third-order valence-electron chi connectivity index (χ3n) is 7.55. The lowest BCUT2D eigenvalue weighted by atomic mass is 10.1. The molecule has 16 nitrogen and oxygen atoms in total. The number of hydrogen-bond acceptors (Lipinski definition) is 12. The number of azo groups is 1. The first-order valence-electron chi connectivity index (χ1n) is 14.6. The number of aromatic hydroxyl groups is 1. The SMILES string of the molecule is CCCCS(=O)(=O)c1ccc2c(S(=O)(=O)O)c(N=Nc3c(S(=O)(=O)O)cc4cc(S(=O)(=O)O)cc(NC(=O)c5ccccc5)c4c3O)ccc2c1. The molecule has 0 spiro atoms. The largest absolute Gasteiger partial charge is 0.505 e. The Bertz CT molecular complexity index is 2720. The summed E-state index contributed by atoms with van der Waals surface area (Å²) in [6.45, 7) is 1.81. The van der Waals surface area contributed by atoms with Crippen LogP contribution in [0.15, 0.2) is 109 Å². The van der Waals surface area contributed by atoms with Crippen LogP contribution in [-0.2, 0) is 40.2 Å². The molecule has 5 aromatic carbocycles. The van der Waals surface area contributed by atoms with Crippen molar-refractivity contribution in [3.63, 3.8) is 0 Å². The Labute approximate surface area is 291 Å². The Morgan fingerprint density at radius 2 is 1.39 bits per heavy atom. The fraction of sp³-hybridized carbons (Fsp3) is 0.129. The maximum atomic E-state index is 13.0. The zero-order valence-electron chi connectivity index (χ0n) is 26.1. The lowest BCUT2D eigenvalue weighted by molar-refractivity contribution is 0.102. The monoisotopic (exact) mass is 777 g/mol. The number of carbonyl (C=O) groups excluding carboxylic acids is 1. The molecule has 0 saturated heterocycles. The summed E-state index contributed by atoms with van der Waals surface area (Å²) in [6, 6.07) is 15.4. The van der Waals surface area contributed by atoms with E-state index in [-0.39, 0.29) is 27.0 Å². The smallest absolute Gasteiger partial charge is 0.297 e. The third kappa shape index (κ3) is 7.91. The van der Waals surface area contributed by atoms with Gasteiger partial charge in [-0.2, -0.15) is 25.3 Å². The van der Waals surface area contributed by atoms with Gasteiger partial charge in [0.25, 0.3) is 36.3 Å². The Balaban J connectivity index is 1.74. The molecule has 0 bridgehead atoms. The third-order valence-corrected chi connectivity index (χ3v) is 12.0. The van der Waals surface area contributed by atoms with Crippen LogP contribution in [0, 0.1) is 0 Å². The first-order chi connectivity index (χ1) is 23.7. The summed E-state index contributed by atoms with van der Waals surface area (Å²) >= 11 is 0. The van der Waals surface area contributed by atoms with Crippen LogP contribution in [-0.4, -0.2) is 64.1 Å². The van der Waals surface area contributed by atoms with E-state index in [2.05, 4.69) is 15.5 Å². The van der Waals surface area contributed by atoms with E-state index in [1.54, 1.807) is 6.07 Å². The van der Waals surface area contributed by atoms with Crippen LogP contribution in [0.2, 0.25) is 0 Å². The van der Waals surface area contributed by atoms with Gasteiger partial charge in [0.2, 0.25) is 0 Å². The average molecular weight is 778 g/mol. The predicted molar refractivity (Wildman–Crippen MR) is 185 cm³/mol. The van der Waals surface area contributed by atoms with E-state index in [9.17, 15) is 57.2 Å². The zero-order valence-corrected chi connectivity index (χ0v) is 29.4. The number of hydrogen-bond donors (Lipinski definition) is 5. The van der Waals surface area contributed by atoms with E-state index in [0.717, 1.165) is 30.3 Å². The predicted octanol–water partition coefficient (Wildman–Crippen LogP) is 5.68. The highest BCUT2D eigenvalue weighted by Gasteiger charge is 2.27. The Hall–Kier alpha value is -4.83. The van der Waals surface area contributed by atoms with Crippen LogP contribution in [0.5, 0.6) is 5.75 Å². The summed E-state index contributed by atoms with van der Waals surface area (Å²) in [5.74, 6) is -2.07. The maximum absolute atomic E-state index is 13.0. The molecule has 0 aliphatic heterocycles. The number of phenols is 1. The molecule has 268 valence electrons. The van der Waals surface area contributed by atoms with Gasteiger partial charge in [0.05, 0.1) is 21.2 Å². The number of unbranched alkanes of at least 4 members (excludes halogenated alkanes) is 1. The molecule has 5 N–H and O–H groups in total. The minimum absolute atomic E-state index is 0.0692. The Morgan fingerprint density at radius 1 is 0.725 bits per heavy atom. The van der Waals surface area contributed by atoms with E-state index >= 15 is 0 Å². The van der Waals surface area contributed by atoms with Crippen molar-refractivity contribution in [2.45, 2.75) is 39.3 Å². The molecule has 0 unspecified atom stereocenters. The number of carbonyl (C=O) groups is 1. The Kier molecular flexibility index (Phi) is 10.1. The van der Waals surface area contributed by atoms with Gasteiger partial charge in [-0.3, -0.25) is 18.5 Å². The standard InChI is InChI=1S/C31H27N3O13S4/c1-2-3-13-48(37,38)21-10-11-23-19(14-21)9-12-24(30(23)51(45,46)47)33-34-28-26(50(42,43)44)16-20-15-22(49(39,40)41)17-25(27(20)29(28)35)32-31(36)18-7-5-4-6-8-18/h4-12,14-17,35H,2-3,13H2,1H3,(H,32,36)(H,39,40,41)(H,42,43,44)(H,45,46,47). The number of phenolic OH excluding ortho intramolecular Hbond substituents is 1. The molecule has 0 fully saturated rings. The van der Waals surface area contributed by atoms with Crippen LogP contribution < -0.4 is 5.32 Å². The van der Waals surface area contributed by atoms with Gasteiger partial charge in [-0.1, -0.05) is 43.7 Å². The molecule has 51 heavy (non-hydrogen) atoms. The number of sulfone groups is 1. The molecule has 1 amide bonds. The van der Waals surface area contributed by atoms with E-state index in [0.29, 0.717) is 18.9 Å². The van der Waals surface area contributed by atoms with Gasteiger partial charge in [0, 0.05) is 16.3 Å². The number of anilines is 1. The second-order valence-corrected chi connectivity index (χ2v) is 17.3. The number of fused-ring (bicyclic) bond motifs is 2. The van der Waals surface area contributed by atoms with Crippen molar-refractivity contribution in [1.29, 1.82) is 0 Å². The van der Waals surface area contributed by atoms with E-state index in [1.165, 1.54) is 36.4 Å². The molecule has 0 aliphatic rings. The van der Waals surface area contributed by atoms with E-state index in [4.69, 9.17) is 0 Å². The summed E-state index contributed by atoms with van der Waals surface area (Å²) in [5.41, 5.74) is -1.99.